The highest BCUT2D eigenvalue weighted by atomic mass is 32.2. The molecule has 1 atom stereocenters. The van der Waals surface area contributed by atoms with E-state index in [0.29, 0.717) is 19.5 Å². The number of hydrogen-bond donors (Lipinski definition) is 2. The average Bonchev–Trinajstić information content (AvgIpc) is 2.37. The molecule has 1 saturated heterocycles. The van der Waals surface area contributed by atoms with E-state index in [1.807, 2.05) is 14.1 Å². The maximum atomic E-state index is 12.0. The van der Waals surface area contributed by atoms with Crippen molar-refractivity contribution in [2.75, 3.05) is 60.5 Å². The van der Waals surface area contributed by atoms with E-state index >= 15 is 0 Å². The minimum Gasteiger partial charge on any atom is -0.396 e. The van der Waals surface area contributed by atoms with Crippen LogP contribution in [0.4, 0.5) is 0 Å². The molecule has 2 N–H and O–H groups in total. The Bertz CT molecular complexity index is 363. The zero-order chi connectivity index (χ0) is 14.5. The Morgan fingerprint density at radius 3 is 2.68 bits per heavy atom. The van der Waals surface area contributed by atoms with Gasteiger partial charge in [-0.25, -0.2) is 4.72 Å². The van der Waals surface area contributed by atoms with Crippen LogP contribution < -0.4 is 4.72 Å². The zero-order valence-corrected chi connectivity index (χ0v) is 12.9. The molecule has 0 aromatic rings. The van der Waals surface area contributed by atoms with Gasteiger partial charge in [-0.2, -0.15) is 12.7 Å². The predicted molar refractivity (Wildman–Crippen MR) is 75.2 cm³/mol. The largest absolute Gasteiger partial charge is 0.396 e. The van der Waals surface area contributed by atoms with Crippen LogP contribution in [0.1, 0.15) is 6.42 Å². The van der Waals surface area contributed by atoms with Gasteiger partial charge in [0.2, 0.25) is 0 Å². The smallest absolute Gasteiger partial charge is 0.279 e. The molecule has 19 heavy (non-hydrogen) atoms. The third kappa shape index (κ3) is 5.33. The Labute approximate surface area is 116 Å². The molecule has 1 aliphatic heterocycles. The van der Waals surface area contributed by atoms with E-state index in [0.717, 1.165) is 19.6 Å². The van der Waals surface area contributed by atoms with Gasteiger partial charge < -0.3 is 10.0 Å². The molecule has 1 fully saturated rings. The fourth-order valence-electron chi connectivity index (χ4n) is 2.05. The fraction of sp³-hybridized carbons (Fsp3) is 1.00. The first-order valence-electron chi connectivity index (χ1n) is 6.57. The van der Waals surface area contributed by atoms with Crippen LogP contribution in [0.2, 0.25) is 0 Å². The van der Waals surface area contributed by atoms with Gasteiger partial charge in [0.1, 0.15) is 0 Å². The van der Waals surface area contributed by atoms with Crippen LogP contribution in [0, 0.1) is 0 Å². The molecule has 1 heterocycles. The van der Waals surface area contributed by atoms with Crippen LogP contribution >= 0.6 is 0 Å². The number of piperazine rings is 1. The summed E-state index contributed by atoms with van der Waals surface area (Å²) in [6.07, 6.45) is 0.448. The summed E-state index contributed by atoms with van der Waals surface area (Å²) >= 11 is 0. The van der Waals surface area contributed by atoms with Crippen molar-refractivity contribution in [1.29, 1.82) is 0 Å². The first-order valence-corrected chi connectivity index (χ1v) is 8.01. The predicted octanol–water partition coefficient (Wildman–Crippen LogP) is -1.62. The summed E-state index contributed by atoms with van der Waals surface area (Å²) < 4.78 is 27.8. The summed E-state index contributed by atoms with van der Waals surface area (Å²) in [5.74, 6) is 0. The molecule has 0 radical (unpaired) electrons. The molecule has 1 unspecified atom stereocenters. The lowest BCUT2D eigenvalue weighted by Gasteiger charge is -2.37. The Morgan fingerprint density at radius 2 is 2.05 bits per heavy atom. The van der Waals surface area contributed by atoms with Crippen molar-refractivity contribution in [3.63, 3.8) is 0 Å². The second-order valence-electron chi connectivity index (χ2n) is 5.15. The van der Waals surface area contributed by atoms with Gasteiger partial charge in [-0.15, -0.1) is 0 Å². The van der Waals surface area contributed by atoms with Gasteiger partial charge in [-0.1, -0.05) is 0 Å². The van der Waals surface area contributed by atoms with Gasteiger partial charge in [0.25, 0.3) is 10.2 Å². The second kappa shape index (κ2) is 7.51. The summed E-state index contributed by atoms with van der Waals surface area (Å²) in [6.45, 7) is 3.55. The number of aliphatic hydroxyl groups is 1. The van der Waals surface area contributed by atoms with Crippen LogP contribution in [0.5, 0.6) is 0 Å². The monoisotopic (exact) mass is 294 g/mol. The molecule has 0 amide bonds. The molecule has 7 nitrogen and oxygen atoms in total. The molecule has 8 heteroatoms. The van der Waals surface area contributed by atoms with Crippen molar-refractivity contribution in [2.24, 2.45) is 0 Å². The lowest BCUT2D eigenvalue weighted by Crippen LogP contribution is -2.55. The van der Waals surface area contributed by atoms with E-state index in [9.17, 15) is 8.42 Å². The average molecular weight is 294 g/mol. The van der Waals surface area contributed by atoms with E-state index in [1.54, 1.807) is 0 Å². The minimum absolute atomic E-state index is 0.00395. The van der Waals surface area contributed by atoms with Gasteiger partial charge in [0.05, 0.1) is 0 Å². The third-order valence-electron chi connectivity index (χ3n) is 3.52. The van der Waals surface area contributed by atoms with Crippen molar-refractivity contribution in [2.45, 2.75) is 12.5 Å². The summed E-state index contributed by atoms with van der Waals surface area (Å²) in [5.41, 5.74) is 0. The highest BCUT2D eigenvalue weighted by Gasteiger charge is 2.25. The molecule has 0 bridgehead atoms. The Kier molecular flexibility index (Phi) is 6.64. The summed E-state index contributed by atoms with van der Waals surface area (Å²) in [7, 11) is 2.14. The van der Waals surface area contributed by atoms with Crippen LogP contribution in [-0.4, -0.2) is 94.1 Å². The van der Waals surface area contributed by atoms with Crippen molar-refractivity contribution < 1.29 is 13.5 Å². The first-order chi connectivity index (χ1) is 8.86. The maximum Gasteiger partial charge on any atom is 0.279 e. The fourth-order valence-corrected chi connectivity index (χ4v) is 3.04. The van der Waals surface area contributed by atoms with Crippen LogP contribution in [0.25, 0.3) is 0 Å². The molecule has 0 aromatic heterocycles. The molecule has 0 aromatic carbocycles. The van der Waals surface area contributed by atoms with E-state index in [2.05, 4.69) is 14.5 Å². The maximum absolute atomic E-state index is 12.0. The van der Waals surface area contributed by atoms with Gasteiger partial charge >= 0.3 is 0 Å². The van der Waals surface area contributed by atoms with Crippen molar-refractivity contribution in [3.05, 3.63) is 0 Å². The zero-order valence-electron chi connectivity index (χ0n) is 12.0. The molecule has 114 valence electrons. The summed E-state index contributed by atoms with van der Waals surface area (Å²) in [5, 5.41) is 8.72. The Hall–Kier alpha value is -0.250. The number of nitrogens with one attached hydrogen (secondary N) is 1. The lowest BCUT2D eigenvalue weighted by atomic mass is 10.2. The first kappa shape index (κ1) is 16.8. The molecule has 1 aliphatic rings. The quantitative estimate of drug-likeness (QED) is 0.590. The van der Waals surface area contributed by atoms with E-state index in [-0.39, 0.29) is 12.6 Å². The highest BCUT2D eigenvalue weighted by Crippen LogP contribution is 2.06. The highest BCUT2D eigenvalue weighted by molar-refractivity contribution is 7.87. The lowest BCUT2D eigenvalue weighted by molar-refractivity contribution is 0.117. The Morgan fingerprint density at radius 1 is 1.37 bits per heavy atom. The molecular formula is C11H26N4O3S. The standard InChI is InChI=1S/C11H26N4O3S/c1-13-6-7-14(2)11(10-13)9-12-19(17,18)15(3)5-4-8-16/h11-12,16H,4-10H2,1-3H3. The van der Waals surface area contributed by atoms with Gasteiger partial charge in [0.15, 0.2) is 0 Å². The summed E-state index contributed by atoms with van der Waals surface area (Å²) in [4.78, 5) is 4.38. The summed E-state index contributed by atoms with van der Waals surface area (Å²) in [6, 6.07) is 0.194. The SMILES string of the molecule is CN1CCN(C)C(CNS(=O)(=O)N(C)CCCO)C1. The van der Waals surface area contributed by atoms with E-state index in [1.165, 1.54) is 11.4 Å². The molecular weight excluding hydrogens is 268 g/mol. The van der Waals surface area contributed by atoms with Gasteiger partial charge in [-0.3, -0.25) is 4.90 Å². The van der Waals surface area contributed by atoms with Gasteiger partial charge in [0, 0.05) is 52.4 Å². The third-order valence-corrected chi connectivity index (χ3v) is 5.06. The van der Waals surface area contributed by atoms with Crippen molar-refractivity contribution in [1.82, 2.24) is 18.8 Å². The number of hydrogen-bond acceptors (Lipinski definition) is 5. The topological polar surface area (TPSA) is 76.1 Å². The van der Waals surface area contributed by atoms with Crippen LogP contribution in [0.15, 0.2) is 0 Å². The molecule has 0 aliphatic carbocycles. The van der Waals surface area contributed by atoms with Crippen LogP contribution in [0.3, 0.4) is 0 Å². The van der Waals surface area contributed by atoms with Crippen molar-refractivity contribution in [3.8, 4) is 0 Å². The van der Waals surface area contributed by atoms with E-state index in [4.69, 9.17) is 5.11 Å². The molecule has 0 saturated carbocycles. The van der Waals surface area contributed by atoms with Crippen LogP contribution in [-0.2, 0) is 10.2 Å². The van der Waals surface area contributed by atoms with E-state index < -0.39 is 10.2 Å². The number of likely N-dealkylation sites (N-methyl/N-ethyl adjacent to an activating group) is 2. The Balaban J connectivity index is 2.45. The number of nitrogens with zero attached hydrogens (tertiary/aromatic N) is 3. The van der Waals surface area contributed by atoms with Gasteiger partial charge in [-0.05, 0) is 20.5 Å². The second-order valence-corrected chi connectivity index (χ2v) is 7.01. The minimum atomic E-state index is -3.45. The number of rotatable bonds is 7. The molecule has 0 spiro atoms. The number of aliphatic hydroxyl groups excluding tert-OH is 1. The molecule has 1 rings (SSSR count). The van der Waals surface area contributed by atoms with Crippen molar-refractivity contribution >= 4 is 10.2 Å². The normalized spacial score (nSPS) is 23.1.